The molecule has 0 heterocycles. The number of aromatic hydroxyl groups is 1. The zero-order chi connectivity index (χ0) is 12.3. The average Bonchev–Trinajstić information content (AvgIpc) is 2.13. The van der Waals surface area contributed by atoms with Gasteiger partial charge in [-0.15, -0.1) is 0 Å². The van der Waals surface area contributed by atoms with E-state index in [2.05, 4.69) is 21.4 Å². The summed E-state index contributed by atoms with van der Waals surface area (Å²) in [5.74, 6) is -0.565. The molecule has 1 rings (SSSR count). The summed E-state index contributed by atoms with van der Waals surface area (Å²) in [6, 6.07) is 4.64. The van der Waals surface area contributed by atoms with Crippen LogP contribution in [0.15, 0.2) is 22.7 Å². The van der Waals surface area contributed by atoms with Crippen molar-refractivity contribution >= 4 is 21.8 Å². The number of phenolic OH excluding ortho intramolecular Hbond substituents is 1. The number of nitrogens with one attached hydrogen (secondary N) is 1. The molecule has 0 aliphatic heterocycles. The van der Waals surface area contributed by atoms with Crippen molar-refractivity contribution in [3.05, 3.63) is 28.2 Å². The predicted octanol–water partition coefficient (Wildman–Crippen LogP) is 2.61. The van der Waals surface area contributed by atoms with Crippen molar-refractivity contribution in [2.75, 3.05) is 0 Å². The summed E-state index contributed by atoms with van der Waals surface area (Å²) in [4.78, 5) is 16.7. The lowest BCUT2D eigenvalue weighted by Crippen LogP contribution is -2.33. The van der Waals surface area contributed by atoms with E-state index >= 15 is 0 Å². The number of hydrogen-bond donors (Lipinski definition) is 2. The van der Waals surface area contributed by atoms with E-state index in [4.69, 9.17) is 4.84 Å². The lowest BCUT2D eigenvalue weighted by atomic mass is 10.2. The van der Waals surface area contributed by atoms with Gasteiger partial charge in [-0.3, -0.25) is 9.63 Å². The summed E-state index contributed by atoms with van der Waals surface area (Å²) in [6.45, 7) is 5.44. The molecule has 0 fully saturated rings. The van der Waals surface area contributed by atoms with Crippen LogP contribution in [0.2, 0.25) is 0 Å². The van der Waals surface area contributed by atoms with Crippen LogP contribution in [-0.4, -0.2) is 16.6 Å². The van der Waals surface area contributed by atoms with E-state index < -0.39 is 11.5 Å². The molecule has 0 radical (unpaired) electrons. The van der Waals surface area contributed by atoms with Crippen LogP contribution in [0, 0.1) is 0 Å². The molecule has 5 heteroatoms. The minimum absolute atomic E-state index is 0.0932. The van der Waals surface area contributed by atoms with E-state index in [1.165, 1.54) is 12.1 Å². The van der Waals surface area contributed by atoms with Crippen molar-refractivity contribution < 1.29 is 14.7 Å². The molecule has 1 aromatic rings. The molecule has 0 aliphatic rings. The molecule has 4 nitrogen and oxygen atoms in total. The second kappa shape index (κ2) is 4.84. The first-order valence-electron chi connectivity index (χ1n) is 4.76. The molecule has 0 spiro atoms. The fraction of sp³-hybridized carbons (Fsp3) is 0.364. The highest BCUT2D eigenvalue weighted by Gasteiger charge is 2.16. The third kappa shape index (κ3) is 3.83. The van der Waals surface area contributed by atoms with Crippen LogP contribution in [0.5, 0.6) is 5.75 Å². The first-order chi connectivity index (χ1) is 7.29. The maximum Gasteiger partial charge on any atom is 0.278 e. The van der Waals surface area contributed by atoms with Crippen LogP contribution in [0.4, 0.5) is 0 Å². The quantitative estimate of drug-likeness (QED) is 0.822. The van der Waals surface area contributed by atoms with Crippen LogP contribution in [-0.2, 0) is 4.84 Å². The zero-order valence-corrected chi connectivity index (χ0v) is 11.0. The molecule has 0 atom stereocenters. The van der Waals surface area contributed by atoms with Crippen LogP contribution < -0.4 is 5.48 Å². The fourth-order valence-electron chi connectivity index (χ4n) is 0.951. The molecular formula is C11H14BrNO3. The molecule has 0 aromatic heterocycles. The Bertz CT molecular complexity index is 399. The Morgan fingerprint density at radius 2 is 2.06 bits per heavy atom. The van der Waals surface area contributed by atoms with Gasteiger partial charge in [0.1, 0.15) is 5.75 Å². The molecular weight excluding hydrogens is 274 g/mol. The zero-order valence-electron chi connectivity index (χ0n) is 9.37. The molecule has 16 heavy (non-hydrogen) atoms. The molecule has 1 aromatic carbocycles. The van der Waals surface area contributed by atoms with Gasteiger partial charge in [0.05, 0.1) is 11.2 Å². The number of hydrogen-bond acceptors (Lipinski definition) is 3. The van der Waals surface area contributed by atoms with E-state index in [1.807, 2.05) is 20.8 Å². The molecule has 0 unspecified atom stereocenters. The SMILES string of the molecule is CC(C)(C)ONC(=O)c1ccc(Br)cc1O. The summed E-state index contributed by atoms with van der Waals surface area (Å²) < 4.78 is 0.707. The van der Waals surface area contributed by atoms with Gasteiger partial charge >= 0.3 is 0 Å². The maximum absolute atomic E-state index is 11.6. The molecule has 1 amide bonds. The van der Waals surface area contributed by atoms with Gasteiger partial charge in [-0.05, 0) is 39.0 Å². The first-order valence-corrected chi connectivity index (χ1v) is 5.56. The van der Waals surface area contributed by atoms with Gasteiger partial charge in [-0.2, -0.15) is 0 Å². The van der Waals surface area contributed by atoms with E-state index in [0.717, 1.165) is 0 Å². The lowest BCUT2D eigenvalue weighted by molar-refractivity contribution is -0.0590. The van der Waals surface area contributed by atoms with Crippen LogP contribution >= 0.6 is 15.9 Å². The summed E-state index contributed by atoms with van der Waals surface area (Å²) >= 11 is 3.19. The maximum atomic E-state index is 11.6. The van der Waals surface area contributed by atoms with Crippen LogP contribution in [0.25, 0.3) is 0 Å². The molecule has 2 N–H and O–H groups in total. The highest BCUT2D eigenvalue weighted by Crippen LogP contribution is 2.22. The third-order valence-electron chi connectivity index (χ3n) is 1.65. The van der Waals surface area contributed by atoms with Gasteiger partial charge in [0.15, 0.2) is 0 Å². The number of phenols is 1. The van der Waals surface area contributed by atoms with E-state index in [0.29, 0.717) is 4.47 Å². The van der Waals surface area contributed by atoms with Crippen molar-refractivity contribution in [1.82, 2.24) is 5.48 Å². The normalized spacial score (nSPS) is 11.2. The smallest absolute Gasteiger partial charge is 0.278 e. The van der Waals surface area contributed by atoms with Crippen molar-refractivity contribution in [1.29, 1.82) is 0 Å². The summed E-state index contributed by atoms with van der Waals surface area (Å²) in [5, 5.41) is 9.54. The number of carbonyl (C=O) groups is 1. The molecule has 0 aliphatic carbocycles. The standard InChI is InChI=1S/C11H14BrNO3/c1-11(2,3)16-13-10(15)8-5-4-7(12)6-9(8)14/h4-6,14H,1-3H3,(H,13,15). The highest BCUT2D eigenvalue weighted by atomic mass is 79.9. The number of rotatable bonds is 2. The molecule has 0 saturated heterocycles. The Hall–Kier alpha value is -1.07. The second-order valence-electron chi connectivity index (χ2n) is 4.31. The van der Waals surface area contributed by atoms with E-state index in [9.17, 15) is 9.90 Å². The number of halogens is 1. The van der Waals surface area contributed by atoms with Gasteiger partial charge in [0, 0.05) is 4.47 Å². The Morgan fingerprint density at radius 1 is 1.44 bits per heavy atom. The summed E-state index contributed by atoms with van der Waals surface area (Å²) in [6.07, 6.45) is 0. The first kappa shape index (κ1) is 13.0. The second-order valence-corrected chi connectivity index (χ2v) is 5.22. The van der Waals surface area contributed by atoms with Crippen molar-refractivity contribution in [3.8, 4) is 5.75 Å². The molecule has 88 valence electrons. The average molecular weight is 288 g/mol. The Labute approximate surface area is 103 Å². The fourth-order valence-corrected chi connectivity index (χ4v) is 1.30. The van der Waals surface area contributed by atoms with Crippen molar-refractivity contribution in [3.63, 3.8) is 0 Å². The van der Waals surface area contributed by atoms with E-state index in [-0.39, 0.29) is 11.3 Å². The Morgan fingerprint density at radius 3 is 2.56 bits per heavy atom. The largest absolute Gasteiger partial charge is 0.507 e. The van der Waals surface area contributed by atoms with Gasteiger partial charge in [0.25, 0.3) is 5.91 Å². The van der Waals surface area contributed by atoms with Crippen LogP contribution in [0.3, 0.4) is 0 Å². The third-order valence-corrected chi connectivity index (χ3v) is 2.15. The Kier molecular flexibility index (Phi) is 3.93. The number of carbonyl (C=O) groups excluding carboxylic acids is 1. The lowest BCUT2D eigenvalue weighted by Gasteiger charge is -2.19. The number of amides is 1. The van der Waals surface area contributed by atoms with E-state index in [1.54, 1.807) is 6.07 Å². The minimum Gasteiger partial charge on any atom is -0.507 e. The monoisotopic (exact) mass is 287 g/mol. The van der Waals surface area contributed by atoms with Gasteiger partial charge in [0.2, 0.25) is 0 Å². The summed E-state index contributed by atoms with van der Waals surface area (Å²) in [7, 11) is 0. The van der Waals surface area contributed by atoms with Crippen molar-refractivity contribution in [2.24, 2.45) is 0 Å². The van der Waals surface area contributed by atoms with Crippen LogP contribution in [0.1, 0.15) is 31.1 Å². The predicted molar refractivity (Wildman–Crippen MR) is 64.1 cm³/mol. The topological polar surface area (TPSA) is 58.6 Å². The molecule has 0 saturated carbocycles. The number of benzene rings is 1. The number of hydroxylamine groups is 1. The minimum atomic E-state index is -0.472. The van der Waals surface area contributed by atoms with Gasteiger partial charge in [-0.1, -0.05) is 15.9 Å². The highest BCUT2D eigenvalue weighted by molar-refractivity contribution is 9.10. The molecule has 0 bridgehead atoms. The van der Waals surface area contributed by atoms with Gasteiger partial charge in [-0.25, -0.2) is 5.48 Å². The Balaban J connectivity index is 2.74. The van der Waals surface area contributed by atoms with Crippen molar-refractivity contribution in [2.45, 2.75) is 26.4 Å². The van der Waals surface area contributed by atoms with Gasteiger partial charge < -0.3 is 5.11 Å². The summed E-state index contributed by atoms with van der Waals surface area (Å²) in [5.41, 5.74) is 1.99.